The molecule has 0 saturated heterocycles. The first-order valence-corrected chi connectivity index (χ1v) is 8.65. The third-order valence-electron chi connectivity index (χ3n) is 4.12. The van der Waals surface area contributed by atoms with Crippen molar-refractivity contribution in [1.29, 1.82) is 0 Å². The van der Waals surface area contributed by atoms with Crippen LogP contribution in [0.25, 0.3) is 22.3 Å². The summed E-state index contributed by atoms with van der Waals surface area (Å²) in [5.41, 5.74) is 1.67. The van der Waals surface area contributed by atoms with Crippen molar-refractivity contribution < 1.29 is 19.1 Å². The number of ether oxygens (including phenoxy) is 1. The van der Waals surface area contributed by atoms with Crippen LogP contribution in [0, 0.1) is 6.92 Å². The van der Waals surface area contributed by atoms with Crippen LogP contribution in [0.15, 0.2) is 51.7 Å². The van der Waals surface area contributed by atoms with Crippen molar-refractivity contribution >= 4 is 28.7 Å². The van der Waals surface area contributed by atoms with Gasteiger partial charge in [-0.15, -0.1) is 0 Å². The van der Waals surface area contributed by atoms with Crippen molar-refractivity contribution in [1.82, 2.24) is 4.90 Å². The maximum atomic E-state index is 12.5. The van der Waals surface area contributed by atoms with E-state index in [0.29, 0.717) is 33.1 Å². The van der Waals surface area contributed by atoms with Gasteiger partial charge in [0.15, 0.2) is 11.0 Å². The molecule has 1 heterocycles. The Bertz CT molecular complexity index is 1060. The van der Waals surface area contributed by atoms with Gasteiger partial charge in [-0.2, -0.15) is 0 Å². The zero-order valence-electron chi connectivity index (χ0n) is 14.9. The molecule has 1 N–H and O–H groups in total. The average molecular weight is 388 g/mol. The monoisotopic (exact) mass is 387 g/mol. The Balaban J connectivity index is 1.99. The number of carboxylic acid groups (broad SMARTS) is 1. The number of hydrogen-bond donors (Lipinski definition) is 1. The molecule has 0 atom stereocenters. The van der Waals surface area contributed by atoms with Gasteiger partial charge in [0.25, 0.3) is 0 Å². The summed E-state index contributed by atoms with van der Waals surface area (Å²) in [5.74, 6) is 0.838. The van der Waals surface area contributed by atoms with Crippen LogP contribution in [0.5, 0.6) is 5.75 Å². The van der Waals surface area contributed by atoms with E-state index < -0.39 is 6.09 Å². The normalized spacial score (nSPS) is 10.8. The van der Waals surface area contributed by atoms with Crippen molar-refractivity contribution in [3.05, 3.63) is 63.3 Å². The highest BCUT2D eigenvalue weighted by Gasteiger charge is 2.14. The summed E-state index contributed by atoms with van der Waals surface area (Å²) in [6, 6.07) is 11.9. The fraction of sp³-hybridized carbons (Fsp3) is 0.200. The molecule has 1 amide bonds. The van der Waals surface area contributed by atoms with Crippen LogP contribution >= 0.6 is 11.6 Å². The molecular formula is C20H18ClNO5. The van der Waals surface area contributed by atoms with E-state index in [1.165, 1.54) is 13.1 Å². The molecule has 0 aliphatic rings. The second kappa shape index (κ2) is 7.72. The Morgan fingerprint density at radius 3 is 2.78 bits per heavy atom. The maximum absolute atomic E-state index is 12.5. The fourth-order valence-electron chi connectivity index (χ4n) is 2.62. The number of carbonyl (C=O) groups is 1. The van der Waals surface area contributed by atoms with Crippen LogP contribution in [0.2, 0.25) is 5.02 Å². The summed E-state index contributed by atoms with van der Waals surface area (Å²) in [5, 5.41) is 9.68. The van der Waals surface area contributed by atoms with E-state index in [2.05, 4.69) is 0 Å². The predicted octanol–water partition coefficient (Wildman–Crippen LogP) is 4.41. The number of fused-ring (bicyclic) bond motifs is 1. The Morgan fingerprint density at radius 2 is 2.04 bits per heavy atom. The zero-order chi connectivity index (χ0) is 19.6. The minimum Gasteiger partial charge on any atom is -0.491 e. The van der Waals surface area contributed by atoms with E-state index >= 15 is 0 Å². The molecular weight excluding hydrogens is 370 g/mol. The summed E-state index contributed by atoms with van der Waals surface area (Å²) in [6.07, 6.45) is -1.03. The largest absolute Gasteiger partial charge is 0.491 e. The van der Waals surface area contributed by atoms with Crippen LogP contribution in [-0.2, 0) is 0 Å². The molecule has 0 aliphatic heterocycles. The molecule has 140 valence electrons. The molecule has 0 radical (unpaired) electrons. The fourth-order valence-corrected chi connectivity index (χ4v) is 2.83. The number of benzene rings is 2. The smallest absolute Gasteiger partial charge is 0.407 e. The van der Waals surface area contributed by atoms with Gasteiger partial charge in [0.05, 0.1) is 22.5 Å². The molecule has 0 aliphatic carbocycles. The lowest BCUT2D eigenvalue weighted by atomic mass is 10.1. The van der Waals surface area contributed by atoms with E-state index in [0.717, 1.165) is 10.5 Å². The molecule has 2 aromatic carbocycles. The van der Waals surface area contributed by atoms with E-state index in [-0.39, 0.29) is 18.6 Å². The Morgan fingerprint density at radius 1 is 1.26 bits per heavy atom. The summed E-state index contributed by atoms with van der Waals surface area (Å²) >= 11 is 6.18. The first-order chi connectivity index (χ1) is 12.9. The molecule has 0 unspecified atom stereocenters. The van der Waals surface area contributed by atoms with Crippen LogP contribution in [-0.4, -0.2) is 36.3 Å². The third-order valence-corrected chi connectivity index (χ3v) is 4.42. The molecule has 0 saturated carbocycles. The number of aryl methyl sites for hydroxylation is 1. The Labute approximate surface area is 160 Å². The Kier molecular flexibility index (Phi) is 5.37. The predicted molar refractivity (Wildman–Crippen MR) is 104 cm³/mol. The van der Waals surface area contributed by atoms with E-state index in [9.17, 15) is 9.59 Å². The molecule has 3 rings (SSSR count). The summed E-state index contributed by atoms with van der Waals surface area (Å²) in [7, 11) is 1.47. The van der Waals surface area contributed by atoms with E-state index in [1.54, 1.807) is 24.3 Å². The molecule has 1 aromatic heterocycles. The topological polar surface area (TPSA) is 80.0 Å². The zero-order valence-corrected chi connectivity index (χ0v) is 15.6. The van der Waals surface area contributed by atoms with E-state index in [1.807, 2.05) is 19.1 Å². The maximum Gasteiger partial charge on any atom is 0.407 e. The molecule has 7 heteroatoms. The van der Waals surface area contributed by atoms with Crippen molar-refractivity contribution in [3.63, 3.8) is 0 Å². The number of rotatable bonds is 5. The van der Waals surface area contributed by atoms with Crippen molar-refractivity contribution in [3.8, 4) is 17.1 Å². The third kappa shape index (κ3) is 4.06. The van der Waals surface area contributed by atoms with Gasteiger partial charge < -0.3 is 19.2 Å². The van der Waals surface area contributed by atoms with Crippen LogP contribution in [0.1, 0.15) is 5.56 Å². The molecule has 0 fully saturated rings. The number of halogens is 1. The van der Waals surface area contributed by atoms with Gasteiger partial charge in [-0.25, -0.2) is 4.79 Å². The quantitative estimate of drug-likeness (QED) is 0.701. The van der Waals surface area contributed by atoms with Gasteiger partial charge in [0, 0.05) is 13.1 Å². The van der Waals surface area contributed by atoms with Gasteiger partial charge in [-0.05, 0) is 36.8 Å². The summed E-state index contributed by atoms with van der Waals surface area (Å²) in [4.78, 5) is 24.5. The first kappa shape index (κ1) is 18.8. The lowest BCUT2D eigenvalue weighted by molar-refractivity contribution is 0.147. The van der Waals surface area contributed by atoms with Crippen LogP contribution in [0.3, 0.4) is 0 Å². The second-order valence-corrected chi connectivity index (χ2v) is 6.55. The molecule has 0 bridgehead atoms. The first-order valence-electron chi connectivity index (χ1n) is 8.27. The lowest BCUT2D eigenvalue weighted by Crippen LogP contribution is -2.29. The standard InChI is InChI=1S/C20H18ClNO5/c1-12-6-7-14(17(10-12)26-9-8-22(2)20(24)25)18-11-16(23)13-4-3-5-15(21)19(13)27-18/h3-7,10-11H,8-9H2,1-2H3,(H,24,25). The number of nitrogens with zero attached hydrogens (tertiary/aromatic N) is 1. The minimum absolute atomic E-state index is 0.165. The van der Waals surface area contributed by atoms with Gasteiger partial charge in [0.2, 0.25) is 0 Å². The second-order valence-electron chi connectivity index (χ2n) is 6.14. The number of para-hydroxylation sites is 1. The van der Waals surface area contributed by atoms with Crippen LogP contribution < -0.4 is 10.2 Å². The van der Waals surface area contributed by atoms with Gasteiger partial charge in [0.1, 0.15) is 18.1 Å². The molecule has 3 aromatic rings. The van der Waals surface area contributed by atoms with Crippen molar-refractivity contribution in [2.24, 2.45) is 0 Å². The molecule has 6 nitrogen and oxygen atoms in total. The van der Waals surface area contributed by atoms with Gasteiger partial charge in [-0.3, -0.25) is 4.79 Å². The SMILES string of the molecule is Cc1ccc(-c2cc(=O)c3cccc(Cl)c3o2)c(OCCN(C)C(=O)O)c1. The molecule has 27 heavy (non-hydrogen) atoms. The van der Waals surface area contributed by atoms with Gasteiger partial charge >= 0.3 is 6.09 Å². The summed E-state index contributed by atoms with van der Waals surface area (Å²) in [6.45, 7) is 2.28. The number of hydrogen-bond acceptors (Lipinski definition) is 4. The average Bonchev–Trinajstić information content (AvgIpc) is 2.62. The van der Waals surface area contributed by atoms with Crippen molar-refractivity contribution in [2.45, 2.75) is 6.92 Å². The number of amides is 1. The highest BCUT2D eigenvalue weighted by atomic mass is 35.5. The van der Waals surface area contributed by atoms with Gasteiger partial charge in [-0.1, -0.05) is 23.7 Å². The van der Waals surface area contributed by atoms with Crippen molar-refractivity contribution in [2.75, 3.05) is 20.2 Å². The van der Waals surface area contributed by atoms with E-state index in [4.69, 9.17) is 25.9 Å². The lowest BCUT2D eigenvalue weighted by Gasteiger charge is -2.16. The minimum atomic E-state index is -1.03. The highest BCUT2D eigenvalue weighted by Crippen LogP contribution is 2.33. The highest BCUT2D eigenvalue weighted by molar-refractivity contribution is 6.34. The van der Waals surface area contributed by atoms with Crippen LogP contribution in [0.4, 0.5) is 4.79 Å². The molecule has 0 spiro atoms. The summed E-state index contributed by atoms with van der Waals surface area (Å²) < 4.78 is 11.7. The Hall–Kier alpha value is -2.99. The number of likely N-dealkylation sites (N-methyl/N-ethyl adjacent to an activating group) is 1.